The molecule has 1 aliphatic carbocycles. The molecule has 0 spiro atoms. The van der Waals surface area contributed by atoms with Gasteiger partial charge in [0.05, 0.1) is 0 Å². The molecule has 146 valence electrons. The van der Waals surface area contributed by atoms with Crippen molar-refractivity contribution in [2.75, 3.05) is 0 Å². The van der Waals surface area contributed by atoms with E-state index < -0.39 is 0 Å². The van der Waals surface area contributed by atoms with Gasteiger partial charge in [0.2, 0.25) is 6.41 Å². The van der Waals surface area contributed by atoms with Crippen LogP contribution in [0.5, 0.6) is 0 Å². The van der Waals surface area contributed by atoms with Gasteiger partial charge in [0.1, 0.15) is 5.69 Å². The van der Waals surface area contributed by atoms with Crippen molar-refractivity contribution < 1.29 is 9.59 Å². The smallest absolute Gasteiger partial charge is 0.268 e. The Labute approximate surface area is 169 Å². The number of primary amides is 1. The lowest BCUT2D eigenvalue weighted by atomic mass is 10.0. The summed E-state index contributed by atoms with van der Waals surface area (Å²) in [6.45, 7) is 2.69. The van der Waals surface area contributed by atoms with Crippen LogP contribution < -0.4 is 11.1 Å². The van der Waals surface area contributed by atoms with E-state index in [4.69, 9.17) is 16.4 Å². The van der Waals surface area contributed by atoms with Gasteiger partial charge in [-0.1, -0.05) is 35.9 Å². The summed E-state index contributed by atoms with van der Waals surface area (Å²) in [4.78, 5) is 21.2. The number of carbonyl (C=O) groups excluding carboxylic acids is 2. The highest BCUT2D eigenvalue weighted by Gasteiger charge is 2.24. The molecule has 3 N–H and O–H groups in total. The molecule has 0 atom stereocenters. The monoisotopic (exact) mass is 397 g/mol. The van der Waals surface area contributed by atoms with Crippen LogP contribution in [0, 0.1) is 6.92 Å². The van der Waals surface area contributed by atoms with Gasteiger partial charge in [-0.05, 0) is 60.6 Å². The molecule has 0 bridgehead atoms. The number of aryl methyl sites for hydroxylation is 2. The van der Waals surface area contributed by atoms with Gasteiger partial charge in [-0.25, -0.2) is 0 Å². The van der Waals surface area contributed by atoms with Crippen LogP contribution in [0.3, 0.4) is 0 Å². The predicted molar refractivity (Wildman–Crippen MR) is 113 cm³/mol. The number of fused-ring (bicyclic) bond motifs is 1. The molecular weight excluding hydrogens is 374 g/mol. The van der Waals surface area contributed by atoms with Crippen molar-refractivity contribution >= 4 is 34.8 Å². The second kappa shape index (κ2) is 8.48. The topological polar surface area (TPSA) is 77.1 Å². The Kier molecular flexibility index (Phi) is 6.05. The van der Waals surface area contributed by atoms with E-state index in [1.807, 2.05) is 35.9 Å². The molecular formula is C22H24ClN3O2. The maximum atomic E-state index is 12.6. The molecule has 0 unspecified atom stereocenters. The summed E-state index contributed by atoms with van der Waals surface area (Å²) in [5.41, 5.74) is 9.69. The fourth-order valence-electron chi connectivity index (χ4n) is 3.49. The lowest BCUT2D eigenvalue weighted by Gasteiger charge is -2.10. The van der Waals surface area contributed by atoms with Gasteiger partial charge in [-0.3, -0.25) is 9.59 Å². The van der Waals surface area contributed by atoms with Crippen molar-refractivity contribution in [1.29, 1.82) is 0 Å². The van der Waals surface area contributed by atoms with Crippen LogP contribution >= 0.6 is 11.6 Å². The van der Waals surface area contributed by atoms with Crippen molar-refractivity contribution in [2.45, 2.75) is 32.2 Å². The zero-order chi connectivity index (χ0) is 20.3. The summed E-state index contributed by atoms with van der Waals surface area (Å²) in [7, 11) is 1.89. The number of aromatic nitrogens is 1. The van der Waals surface area contributed by atoms with Crippen LogP contribution in [0.1, 0.15) is 45.9 Å². The minimum atomic E-state index is -0.0706. The Morgan fingerprint density at radius 2 is 1.96 bits per heavy atom. The lowest BCUT2D eigenvalue weighted by molar-refractivity contribution is -0.106. The van der Waals surface area contributed by atoms with Crippen LogP contribution in [0.2, 0.25) is 5.02 Å². The molecule has 2 aromatic carbocycles. The number of halogens is 1. The zero-order valence-corrected chi connectivity index (χ0v) is 16.8. The van der Waals surface area contributed by atoms with E-state index in [0.29, 0.717) is 17.3 Å². The Morgan fingerprint density at radius 1 is 1.25 bits per heavy atom. The third kappa shape index (κ3) is 4.37. The molecule has 1 aromatic heterocycles. The molecule has 4 rings (SSSR count). The molecule has 0 saturated heterocycles. The Balaban J connectivity index is 0.000000706. The van der Waals surface area contributed by atoms with E-state index in [0.717, 1.165) is 22.4 Å². The SMILES string of the molecule is Cc1cc(CNC(=O)c2cc3ccc(Cl)cc3n2C)ccc1C1CC1.NC=O. The van der Waals surface area contributed by atoms with Crippen molar-refractivity contribution in [3.8, 4) is 0 Å². The van der Waals surface area contributed by atoms with E-state index in [-0.39, 0.29) is 12.3 Å². The van der Waals surface area contributed by atoms with E-state index in [1.54, 1.807) is 0 Å². The molecule has 2 amide bonds. The number of hydrogen-bond acceptors (Lipinski definition) is 2. The molecule has 5 nitrogen and oxygen atoms in total. The summed E-state index contributed by atoms with van der Waals surface area (Å²) in [6, 6.07) is 14.1. The van der Waals surface area contributed by atoms with Crippen LogP contribution in [0.15, 0.2) is 42.5 Å². The van der Waals surface area contributed by atoms with Gasteiger partial charge in [0.15, 0.2) is 0 Å². The highest BCUT2D eigenvalue weighted by Crippen LogP contribution is 2.41. The number of rotatable bonds is 4. The molecule has 1 aliphatic rings. The molecule has 0 aliphatic heterocycles. The number of nitrogens with zero attached hydrogens (tertiary/aromatic N) is 1. The fourth-order valence-corrected chi connectivity index (χ4v) is 3.66. The second-order valence-electron chi connectivity index (χ2n) is 7.08. The van der Waals surface area contributed by atoms with Gasteiger partial charge in [-0.15, -0.1) is 0 Å². The number of amides is 2. The largest absolute Gasteiger partial charge is 0.372 e. The number of carbonyl (C=O) groups is 2. The summed E-state index contributed by atoms with van der Waals surface area (Å²) in [5, 5.41) is 4.72. The Hall–Kier alpha value is -2.79. The van der Waals surface area contributed by atoms with Gasteiger partial charge < -0.3 is 15.6 Å². The van der Waals surface area contributed by atoms with Crippen LogP contribution in [-0.2, 0) is 18.4 Å². The number of hydrogen-bond donors (Lipinski definition) is 2. The quantitative estimate of drug-likeness (QED) is 0.651. The fraction of sp³-hybridized carbons (Fsp3) is 0.273. The van der Waals surface area contributed by atoms with Gasteiger partial charge >= 0.3 is 0 Å². The molecule has 28 heavy (non-hydrogen) atoms. The summed E-state index contributed by atoms with van der Waals surface area (Å²) in [5.74, 6) is 0.685. The zero-order valence-electron chi connectivity index (χ0n) is 16.0. The predicted octanol–water partition coefficient (Wildman–Crippen LogP) is 4.05. The Morgan fingerprint density at radius 3 is 2.61 bits per heavy atom. The van der Waals surface area contributed by atoms with Crippen LogP contribution in [0.25, 0.3) is 10.9 Å². The van der Waals surface area contributed by atoms with E-state index in [2.05, 4.69) is 36.2 Å². The summed E-state index contributed by atoms with van der Waals surface area (Å²) < 4.78 is 1.89. The average molecular weight is 398 g/mol. The van der Waals surface area contributed by atoms with Crippen molar-refractivity contribution in [3.63, 3.8) is 0 Å². The second-order valence-corrected chi connectivity index (χ2v) is 7.51. The van der Waals surface area contributed by atoms with E-state index in [1.165, 1.54) is 24.0 Å². The minimum Gasteiger partial charge on any atom is -0.372 e. The highest BCUT2D eigenvalue weighted by atomic mass is 35.5. The van der Waals surface area contributed by atoms with Crippen molar-refractivity contribution in [1.82, 2.24) is 9.88 Å². The maximum absolute atomic E-state index is 12.6. The van der Waals surface area contributed by atoms with Gasteiger partial charge in [-0.2, -0.15) is 0 Å². The highest BCUT2D eigenvalue weighted by molar-refractivity contribution is 6.31. The first-order chi connectivity index (χ1) is 13.4. The minimum absolute atomic E-state index is 0.0706. The van der Waals surface area contributed by atoms with Gasteiger partial charge in [0.25, 0.3) is 5.91 Å². The van der Waals surface area contributed by atoms with Crippen molar-refractivity contribution in [2.24, 2.45) is 12.8 Å². The molecule has 1 saturated carbocycles. The average Bonchev–Trinajstić information content (AvgIpc) is 3.45. The molecule has 6 heteroatoms. The first kappa shape index (κ1) is 20.0. The summed E-state index contributed by atoms with van der Waals surface area (Å²) >= 11 is 6.06. The lowest BCUT2D eigenvalue weighted by Crippen LogP contribution is -2.24. The maximum Gasteiger partial charge on any atom is 0.268 e. The van der Waals surface area contributed by atoms with Crippen molar-refractivity contribution in [3.05, 3.63) is 69.9 Å². The van der Waals surface area contributed by atoms with E-state index >= 15 is 0 Å². The first-order valence-corrected chi connectivity index (χ1v) is 9.60. The third-order valence-corrected chi connectivity index (χ3v) is 5.28. The summed E-state index contributed by atoms with van der Waals surface area (Å²) in [6.07, 6.45) is 2.87. The first-order valence-electron chi connectivity index (χ1n) is 9.22. The number of nitrogens with one attached hydrogen (secondary N) is 1. The molecule has 1 fully saturated rings. The normalized spacial score (nSPS) is 13.0. The third-order valence-electron chi connectivity index (χ3n) is 5.04. The number of benzene rings is 2. The van der Waals surface area contributed by atoms with Crippen LogP contribution in [0.4, 0.5) is 0 Å². The number of nitrogens with two attached hydrogens (primary N) is 1. The molecule has 1 heterocycles. The molecule has 3 aromatic rings. The Bertz CT molecular complexity index is 1020. The van der Waals surface area contributed by atoms with Gasteiger partial charge in [0, 0.05) is 29.5 Å². The van der Waals surface area contributed by atoms with Crippen LogP contribution in [-0.4, -0.2) is 16.9 Å². The molecule has 0 radical (unpaired) electrons. The van der Waals surface area contributed by atoms with E-state index in [9.17, 15) is 4.79 Å². The standard InChI is InChI=1S/C21H21ClN2O.CH3NO/c1-13-9-14(3-8-18(13)15-4-5-15)12-23-21(25)20-10-16-6-7-17(22)11-19(16)24(20)2;2-1-3/h3,6-11,15H,4-5,12H2,1-2H3,(H,23,25);1H,(H2,2,3).